The van der Waals surface area contributed by atoms with Crippen LogP contribution in [-0.2, 0) is 6.42 Å². The SMILES string of the molecule is N#CCc1cc(C(=O)NCC2CCCCC2)ccn1. The van der Waals surface area contributed by atoms with Gasteiger partial charge in [0.05, 0.1) is 18.2 Å². The molecule has 0 atom stereocenters. The lowest BCUT2D eigenvalue weighted by molar-refractivity contribution is 0.0943. The van der Waals surface area contributed by atoms with Crippen LogP contribution in [0.1, 0.15) is 48.2 Å². The number of rotatable bonds is 4. The van der Waals surface area contributed by atoms with Gasteiger partial charge in [0, 0.05) is 18.3 Å². The van der Waals surface area contributed by atoms with Crippen molar-refractivity contribution in [2.45, 2.75) is 38.5 Å². The van der Waals surface area contributed by atoms with E-state index in [1.165, 1.54) is 32.1 Å². The van der Waals surface area contributed by atoms with Gasteiger partial charge in [-0.25, -0.2) is 0 Å². The fourth-order valence-corrected chi connectivity index (χ4v) is 2.53. The molecule has 1 aromatic rings. The van der Waals surface area contributed by atoms with Crippen molar-refractivity contribution in [2.75, 3.05) is 6.54 Å². The van der Waals surface area contributed by atoms with Crippen LogP contribution >= 0.6 is 0 Å². The van der Waals surface area contributed by atoms with Gasteiger partial charge in [0.25, 0.3) is 5.91 Å². The van der Waals surface area contributed by atoms with Gasteiger partial charge in [-0.2, -0.15) is 5.26 Å². The average molecular weight is 257 g/mol. The smallest absolute Gasteiger partial charge is 0.251 e. The van der Waals surface area contributed by atoms with Crippen LogP contribution in [-0.4, -0.2) is 17.4 Å². The van der Waals surface area contributed by atoms with Crippen molar-refractivity contribution in [3.05, 3.63) is 29.6 Å². The molecule has 0 radical (unpaired) electrons. The molecule has 2 rings (SSSR count). The van der Waals surface area contributed by atoms with Crippen LogP contribution in [0.25, 0.3) is 0 Å². The van der Waals surface area contributed by atoms with Gasteiger partial charge in [0.2, 0.25) is 0 Å². The number of nitriles is 1. The van der Waals surface area contributed by atoms with E-state index in [2.05, 4.69) is 10.3 Å². The first-order valence-corrected chi connectivity index (χ1v) is 6.89. The monoisotopic (exact) mass is 257 g/mol. The predicted octanol–water partition coefficient (Wildman–Crippen LogP) is 2.46. The average Bonchev–Trinajstić information content (AvgIpc) is 2.46. The minimum absolute atomic E-state index is 0.0628. The van der Waals surface area contributed by atoms with Crippen LogP contribution in [0.2, 0.25) is 0 Å². The zero-order valence-electron chi connectivity index (χ0n) is 11.1. The number of hydrogen-bond donors (Lipinski definition) is 1. The highest BCUT2D eigenvalue weighted by molar-refractivity contribution is 5.94. The summed E-state index contributed by atoms with van der Waals surface area (Å²) in [5.41, 5.74) is 1.24. The molecule has 100 valence electrons. The normalized spacial score (nSPS) is 15.7. The third-order valence-electron chi connectivity index (χ3n) is 3.61. The summed E-state index contributed by atoms with van der Waals surface area (Å²) >= 11 is 0. The Labute approximate surface area is 113 Å². The number of carbonyl (C=O) groups excluding carboxylic acids is 1. The van der Waals surface area contributed by atoms with Crippen LogP contribution < -0.4 is 5.32 Å². The van der Waals surface area contributed by atoms with Crippen molar-refractivity contribution < 1.29 is 4.79 Å². The maximum Gasteiger partial charge on any atom is 0.251 e. The molecular formula is C15H19N3O. The minimum atomic E-state index is -0.0628. The summed E-state index contributed by atoms with van der Waals surface area (Å²) < 4.78 is 0. The van der Waals surface area contributed by atoms with E-state index < -0.39 is 0 Å². The fourth-order valence-electron chi connectivity index (χ4n) is 2.53. The number of pyridine rings is 1. The summed E-state index contributed by atoms with van der Waals surface area (Å²) in [5.74, 6) is 0.560. The molecule has 0 aliphatic heterocycles. The van der Waals surface area contributed by atoms with Gasteiger partial charge in [0.15, 0.2) is 0 Å². The molecule has 1 N–H and O–H groups in total. The highest BCUT2D eigenvalue weighted by Crippen LogP contribution is 2.22. The van der Waals surface area contributed by atoms with E-state index in [1.807, 2.05) is 6.07 Å². The number of aromatic nitrogens is 1. The summed E-state index contributed by atoms with van der Waals surface area (Å²) in [5, 5.41) is 11.6. The maximum absolute atomic E-state index is 12.0. The van der Waals surface area contributed by atoms with E-state index in [4.69, 9.17) is 5.26 Å². The van der Waals surface area contributed by atoms with Crippen LogP contribution in [0.15, 0.2) is 18.3 Å². The van der Waals surface area contributed by atoms with Crippen LogP contribution in [0.4, 0.5) is 0 Å². The molecular weight excluding hydrogens is 238 g/mol. The van der Waals surface area contributed by atoms with E-state index >= 15 is 0 Å². The maximum atomic E-state index is 12.0. The third kappa shape index (κ3) is 4.06. The second-order valence-electron chi connectivity index (χ2n) is 5.08. The molecule has 0 spiro atoms. The highest BCUT2D eigenvalue weighted by Gasteiger charge is 2.15. The van der Waals surface area contributed by atoms with Crippen molar-refractivity contribution in [3.63, 3.8) is 0 Å². The topological polar surface area (TPSA) is 65.8 Å². The zero-order chi connectivity index (χ0) is 13.5. The van der Waals surface area contributed by atoms with Gasteiger partial charge in [-0.05, 0) is 30.9 Å². The molecule has 0 bridgehead atoms. The molecule has 1 aliphatic carbocycles. The molecule has 4 heteroatoms. The summed E-state index contributed by atoms with van der Waals surface area (Å²) in [6.07, 6.45) is 8.15. The van der Waals surface area contributed by atoms with Crippen molar-refractivity contribution in [2.24, 2.45) is 5.92 Å². The van der Waals surface area contributed by atoms with Gasteiger partial charge in [0.1, 0.15) is 0 Å². The summed E-state index contributed by atoms with van der Waals surface area (Å²) in [4.78, 5) is 16.1. The number of carbonyl (C=O) groups is 1. The van der Waals surface area contributed by atoms with Gasteiger partial charge in [-0.1, -0.05) is 19.3 Å². The predicted molar refractivity (Wildman–Crippen MR) is 72.5 cm³/mol. The number of nitrogens with zero attached hydrogens (tertiary/aromatic N) is 2. The molecule has 4 nitrogen and oxygen atoms in total. The van der Waals surface area contributed by atoms with Crippen LogP contribution in [0.5, 0.6) is 0 Å². The Morgan fingerprint density at radius 1 is 1.42 bits per heavy atom. The number of amides is 1. The second-order valence-corrected chi connectivity index (χ2v) is 5.08. The molecule has 0 aromatic carbocycles. The molecule has 1 amide bonds. The molecule has 19 heavy (non-hydrogen) atoms. The summed E-state index contributed by atoms with van der Waals surface area (Å²) in [7, 11) is 0. The van der Waals surface area contributed by atoms with E-state index in [0.29, 0.717) is 17.2 Å². The van der Waals surface area contributed by atoms with Crippen molar-refractivity contribution in [1.82, 2.24) is 10.3 Å². The molecule has 0 saturated heterocycles. The molecule has 1 saturated carbocycles. The summed E-state index contributed by atoms with van der Waals surface area (Å²) in [6.45, 7) is 0.759. The van der Waals surface area contributed by atoms with Crippen molar-refractivity contribution >= 4 is 5.91 Å². The first kappa shape index (κ1) is 13.5. The lowest BCUT2D eigenvalue weighted by atomic mass is 9.89. The Kier molecular flexibility index (Phi) is 4.91. The number of hydrogen-bond acceptors (Lipinski definition) is 3. The van der Waals surface area contributed by atoms with Crippen molar-refractivity contribution in [1.29, 1.82) is 5.26 Å². The van der Waals surface area contributed by atoms with E-state index in [-0.39, 0.29) is 12.3 Å². The summed E-state index contributed by atoms with van der Waals surface area (Å²) in [6, 6.07) is 5.43. The second kappa shape index (κ2) is 6.89. The Morgan fingerprint density at radius 3 is 2.95 bits per heavy atom. The Balaban J connectivity index is 1.88. The highest BCUT2D eigenvalue weighted by atomic mass is 16.1. The quantitative estimate of drug-likeness (QED) is 0.901. The molecule has 1 heterocycles. The van der Waals surface area contributed by atoms with Gasteiger partial charge in [-0.3, -0.25) is 9.78 Å². The van der Waals surface area contributed by atoms with E-state index in [0.717, 1.165) is 6.54 Å². The van der Waals surface area contributed by atoms with E-state index in [1.54, 1.807) is 18.3 Å². The van der Waals surface area contributed by atoms with Gasteiger partial charge < -0.3 is 5.32 Å². The first-order chi connectivity index (χ1) is 9.29. The van der Waals surface area contributed by atoms with Gasteiger partial charge in [-0.15, -0.1) is 0 Å². The lowest BCUT2D eigenvalue weighted by Gasteiger charge is -2.21. The molecule has 1 aliphatic rings. The Morgan fingerprint density at radius 2 is 2.21 bits per heavy atom. The first-order valence-electron chi connectivity index (χ1n) is 6.89. The minimum Gasteiger partial charge on any atom is -0.352 e. The Bertz CT molecular complexity index is 473. The van der Waals surface area contributed by atoms with Crippen LogP contribution in [0, 0.1) is 17.2 Å². The molecule has 1 aromatic heterocycles. The van der Waals surface area contributed by atoms with Gasteiger partial charge >= 0.3 is 0 Å². The van der Waals surface area contributed by atoms with Crippen molar-refractivity contribution in [3.8, 4) is 6.07 Å². The number of nitrogens with one attached hydrogen (secondary N) is 1. The largest absolute Gasteiger partial charge is 0.352 e. The zero-order valence-corrected chi connectivity index (χ0v) is 11.1. The third-order valence-corrected chi connectivity index (χ3v) is 3.61. The fraction of sp³-hybridized carbons (Fsp3) is 0.533. The van der Waals surface area contributed by atoms with E-state index in [9.17, 15) is 4.79 Å². The molecule has 0 unspecified atom stereocenters. The Hall–Kier alpha value is -1.89. The standard InChI is InChI=1S/C15H19N3O/c16-8-6-14-10-13(7-9-17-14)15(19)18-11-12-4-2-1-3-5-12/h7,9-10,12H,1-6,11H2,(H,18,19). The lowest BCUT2D eigenvalue weighted by Crippen LogP contribution is -2.30. The molecule has 1 fully saturated rings. The van der Waals surface area contributed by atoms with Crippen LogP contribution in [0.3, 0.4) is 0 Å².